The van der Waals surface area contributed by atoms with Crippen molar-refractivity contribution >= 4 is 12.0 Å². The SMILES string of the molecule is CC1(C)CN(c2nnco2)CCC1C(=O)OCc1ccccc1. The van der Waals surface area contributed by atoms with Gasteiger partial charge in [0.1, 0.15) is 6.61 Å². The Kier molecular flexibility index (Phi) is 4.32. The monoisotopic (exact) mass is 315 g/mol. The van der Waals surface area contributed by atoms with E-state index in [1.54, 1.807) is 0 Å². The zero-order valence-corrected chi connectivity index (χ0v) is 13.4. The van der Waals surface area contributed by atoms with Gasteiger partial charge in [-0.15, -0.1) is 5.10 Å². The number of hydrogen-bond donors (Lipinski definition) is 0. The van der Waals surface area contributed by atoms with Gasteiger partial charge in [0.05, 0.1) is 5.92 Å². The van der Waals surface area contributed by atoms with Gasteiger partial charge in [-0.05, 0) is 17.4 Å². The number of aromatic nitrogens is 2. The molecule has 3 rings (SSSR count). The van der Waals surface area contributed by atoms with Crippen molar-refractivity contribution in [2.24, 2.45) is 11.3 Å². The van der Waals surface area contributed by atoms with Crippen LogP contribution in [0.3, 0.4) is 0 Å². The van der Waals surface area contributed by atoms with Gasteiger partial charge in [-0.2, -0.15) is 0 Å². The van der Waals surface area contributed by atoms with E-state index in [-0.39, 0.29) is 17.3 Å². The highest BCUT2D eigenvalue weighted by molar-refractivity contribution is 5.74. The Hall–Kier alpha value is -2.37. The Morgan fingerprint density at radius 1 is 1.39 bits per heavy atom. The molecule has 122 valence electrons. The van der Waals surface area contributed by atoms with E-state index in [0.29, 0.717) is 32.1 Å². The molecule has 6 heteroatoms. The minimum atomic E-state index is -0.222. The average Bonchev–Trinajstić information content (AvgIpc) is 3.07. The molecule has 0 N–H and O–H groups in total. The molecule has 2 aromatic rings. The predicted octanol–water partition coefficient (Wildman–Crippen LogP) is 2.67. The molecule has 1 aromatic heterocycles. The number of nitrogens with zero attached hydrogens (tertiary/aromatic N) is 3. The molecule has 1 aliphatic rings. The van der Waals surface area contributed by atoms with E-state index in [0.717, 1.165) is 5.56 Å². The first-order chi connectivity index (χ1) is 11.1. The van der Waals surface area contributed by atoms with Crippen LogP contribution in [-0.4, -0.2) is 29.3 Å². The zero-order chi connectivity index (χ0) is 16.3. The summed E-state index contributed by atoms with van der Waals surface area (Å²) >= 11 is 0. The van der Waals surface area contributed by atoms with Gasteiger partial charge < -0.3 is 14.1 Å². The number of hydrogen-bond acceptors (Lipinski definition) is 6. The van der Waals surface area contributed by atoms with Crippen LogP contribution in [0.2, 0.25) is 0 Å². The van der Waals surface area contributed by atoms with Crippen molar-refractivity contribution in [3.8, 4) is 0 Å². The van der Waals surface area contributed by atoms with E-state index in [2.05, 4.69) is 24.0 Å². The molecule has 0 amide bonds. The van der Waals surface area contributed by atoms with Gasteiger partial charge in [-0.3, -0.25) is 4.79 Å². The van der Waals surface area contributed by atoms with Gasteiger partial charge in [-0.25, -0.2) is 0 Å². The molecule has 0 saturated carbocycles. The third-order valence-electron chi connectivity index (χ3n) is 4.36. The molecule has 1 fully saturated rings. The Labute approximate surface area is 135 Å². The lowest BCUT2D eigenvalue weighted by Gasteiger charge is -2.42. The lowest BCUT2D eigenvalue weighted by Crippen LogP contribution is -2.49. The molecule has 6 nitrogen and oxygen atoms in total. The van der Waals surface area contributed by atoms with Gasteiger partial charge in [0.2, 0.25) is 6.39 Å². The summed E-state index contributed by atoms with van der Waals surface area (Å²) in [5, 5.41) is 7.66. The highest BCUT2D eigenvalue weighted by atomic mass is 16.5. The van der Waals surface area contributed by atoms with E-state index < -0.39 is 0 Å². The number of piperidine rings is 1. The summed E-state index contributed by atoms with van der Waals surface area (Å²) in [7, 11) is 0. The van der Waals surface area contributed by atoms with Gasteiger partial charge in [-0.1, -0.05) is 49.3 Å². The van der Waals surface area contributed by atoms with E-state index >= 15 is 0 Å². The van der Waals surface area contributed by atoms with Crippen molar-refractivity contribution in [3.63, 3.8) is 0 Å². The fraction of sp³-hybridized carbons (Fsp3) is 0.471. The number of carbonyl (C=O) groups is 1. The van der Waals surface area contributed by atoms with Crippen LogP contribution in [0.25, 0.3) is 0 Å². The van der Waals surface area contributed by atoms with Crippen molar-refractivity contribution in [1.29, 1.82) is 0 Å². The molecule has 1 saturated heterocycles. The number of rotatable bonds is 4. The lowest BCUT2D eigenvalue weighted by atomic mass is 9.74. The normalized spacial score (nSPS) is 20.3. The molecule has 0 radical (unpaired) electrons. The molecule has 23 heavy (non-hydrogen) atoms. The maximum absolute atomic E-state index is 12.5. The molecule has 0 spiro atoms. The van der Waals surface area contributed by atoms with Crippen LogP contribution < -0.4 is 4.90 Å². The van der Waals surface area contributed by atoms with Crippen LogP contribution >= 0.6 is 0 Å². The summed E-state index contributed by atoms with van der Waals surface area (Å²) in [5.41, 5.74) is 0.780. The van der Waals surface area contributed by atoms with Crippen molar-refractivity contribution in [3.05, 3.63) is 42.3 Å². The molecule has 1 aliphatic heterocycles. The fourth-order valence-corrected chi connectivity index (χ4v) is 3.09. The predicted molar refractivity (Wildman–Crippen MR) is 84.6 cm³/mol. The second kappa shape index (κ2) is 6.40. The minimum Gasteiger partial charge on any atom is -0.461 e. The van der Waals surface area contributed by atoms with Crippen molar-refractivity contribution < 1.29 is 13.9 Å². The van der Waals surface area contributed by atoms with Crippen LogP contribution in [0.5, 0.6) is 0 Å². The molecule has 1 aromatic carbocycles. The molecular weight excluding hydrogens is 294 g/mol. The molecule has 0 aliphatic carbocycles. The lowest BCUT2D eigenvalue weighted by molar-refractivity contribution is -0.155. The Morgan fingerprint density at radius 2 is 2.17 bits per heavy atom. The van der Waals surface area contributed by atoms with Crippen LogP contribution in [-0.2, 0) is 16.1 Å². The number of ether oxygens (including phenoxy) is 1. The van der Waals surface area contributed by atoms with Gasteiger partial charge in [0.15, 0.2) is 0 Å². The molecule has 0 bridgehead atoms. The van der Waals surface area contributed by atoms with Crippen LogP contribution in [0.15, 0.2) is 41.1 Å². The first kappa shape index (κ1) is 15.5. The summed E-state index contributed by atoms with van der Waals surface area (Å²) < 4.78 is 10.8. The van der Waals surface area contributed by atoms with E-state index in [9.17, 15) is 4.79 Å². The van der Waals surface area contributed by atoms with Gasteiger partial charge in [0.25, 0.3) is 0 Å². The van der Waals surface area contributed by atoms with Gasteiger partial charge in [0, 0.05) is 13.1 Å². The maximum atomic E-state index is 12.5. The quantitative estimate of drug-likeness (QED) is 0.808. The zero-order valence-electron chi connectivity index (χ0n) is 13.4. The second-order valence-corrected chi connectivity index (χ2v) is 6.57. The highest BCUT2D eigenvalue weighted by Gasteiger charge is 2.42. The highest BCUT2D eigenvalue weighted by Crippen LogP contribution is 2.37. The Balaban J connectivity index is 1.60. The smallest absolute Gasteiger partial charge is 0.317 e. The number of benzene rings is 1. The second-order valence-electron chi connectivity index (χ2n) is 6.57. The minimum absolute atomic E-state index is 0.134. The molecule has 1 unspecified atom stereocenters. The topological polar surface area (TPSA) is 68.5 Å². The first-order valence-electron chi connectivity index (χ1n) is 7.78. The Bertz CT molecular complexity index is 640. The average molecular weight is 315 g/mol. The standard InChI is InChI=1S/C17H21N3O3/c1-17(2)11-20(16-19-18-12-23-16)9-8-14(17)15(21)22-10-13-6-4-3-5-7-13/h3-7,12,14H,8-11H2,1-2H3. The third-order valence-corrected chi connectivity index (χ3v) is 4.36. The summed E-state index contributed by atoms with van der Waals surface area (Å²) in [6, 6.07) is 10.2. The number of carbonyl (C=O) groups excluding carboxylic acids is 1. The fourth-order valence-electron chi connectivity index (χ4n) is 3.09. The van der Waals surface area contributed by atoms with Crippen molar-refractivity contribution in [2.45, 2.75) is 26.9 Å². The van der Waals surface area contributed by atoms with Crippen LogP contribution in [0.1, 0.15) is 25.8 Å². The third kappa shape index (κ3) is 3.52. The first-order valence-corrected chi connectivity index (χ1v) is 7.78. The molecular formula is C17H21N3O3. The van der Waals surface area contributed by atoms with E-state index in [1.807, 2.05) is 35.2 Å². The maximum Gasteiger partial charge on any atom is 0.317 e. The van der Waals surface area contributed by atoms with Gasteiger partial charge >= 0.3 is 12.0 Å². The number of anilines is 1. The largest absolute Gasteiger partial charge is 0.461 e. The molecule has 1 atom stereocenters. The summed E-state index contributed by atoms with van der Waals surface area (Å²) in [6.07, 6.45) is 2.03. The summed E-state index contributed by atoms with van der Waals surface area (Å²) in [4.78, 5) is 14.5. The summed E-state index contributed by atoms with van der Waals surface area (Å²) in [5.74, 6) is -0.269. The van der Waals surface area contributed by atoms with Crippen molar-refractivity contribution in [1.82, 2.24) is 10.2 Å². The summed E-state index contributed by atoms with van der Waals surface area (Å²) in [6.45, 7) is 5.85. The van der Waals surface area contributed by atoms with Crippen LogP contribution in [0, 0.1) is 11.3 Å². The van der Waals surface area contributed by atoms with E-state index in [1.165, 1.54) is 6.39 Å². The van der Waals surface area contributed by atoms with E-state index in [4.69, 9.17) is 9.15 Å². The Morgan fingerprint density at radius 3 is 2.83 bits per heavy atom. The van der Waals surface area contributed by atoms with Crippen molar-refractivity contribution in [2.75, 3.05) is 18.0 Å². The number of esters is 1. The molecule has 2 heterocycles. The van der Waals surface area contributed by atoms with Crippen LogP contribution in [0.4, 0.5) is 6.01 Å².